The quantitative estimate of drug-likeness (QED) is 0.451. The number of fused-ring (bicyclic) bond motifs is 1. The zero-order chi connectivity index (χ0) is 21.1. The Bertz CT molecular complexity index is 1220. The Balaban J connectivity index is 1.62. The van der Waals surface area contributed by atoms with E-state index in [9.17, 15) is 4.79 Å². The molecule has 2 heterocycles. The highest BCUT2D eigenvalue weighted by atomic mass is 32.1. The number of rotatable bonds is 7. The van der Waals surface area contributed by atoms with Crippen molar-refractivity contribution in [2.75, 3.05) is 6.61 Å². The molecule has 2 aromatic carbocycles. The molecular formula is C24H23N3O2S. The molecule has 1 amide bonds. The number of primary amides is 1. The van der Waals surface area contributed by atoms with Crippen molar-refractivity contribution in [2.45, 2.75) is 26.7 Å². The second-order valence-electron chi connectivity index (χ2n) is 7.14. The first kappa shape index (κ1) is 20.0. The van der Waals surface area contributed by atoms with Crippen LogP contribution >= 0.6 is 11.3 Å². The molecule has 0 bridgehead atoms. The van der Waals surface area contributed by atoms with E-state index in [-0.39, 0.29) is 5.69 Å². The van der Waals surface area contributed by atoms with Gasteiger partial charge in [0.25, 0.3) is 5.91 Å². The Hall–Kier alpha value is -3.25. The minimum Gasteiger partial charge on any atom is -0.493 e. The van der Waals surface area contributed by atoms with Gasteiger partial charge >= 0.3 is 0 Å². The van der Waals surface area contributed by atoms with E-state index in [0.29, 0.717) is 17.6 Å². The average molecular weight is 418 g/mol. The second kappa shape index (κ2) is 8.63. The number of nitrogens with zero attached hydrogens (tertiary/aromatic N) is 2. The van der Waals surface area contributed by atoms with Gasteiger partial charge in [0.05, 0.1) is 23.3 Å². The van der Waals surface area contributed by atoms with Gasteiger partial charge in [-0.2, -0.15) is 0 Å². The maximum Gasteiger partial charge on any atom is 0.269 e. The van der Waals surface area contributed by atoms with Crippen molar-refractivity contribution in [1.29, 1.82) is 0 Å². The Morgan fingerprint density at radius 2 is 1.83 bits per heavy atom. The highest BCUT2D eigenvalue weighted by molar-refractivity contribution is 7.15. The molecule has 0 aliphatic rings. The fourth-order valence-corrected chi connectivity index (χ4v) is 4.34. The van der Waals surface area contributed by atoms with Gasteiger partial charge in [-0.25, -0.2) is 9.97 Å². The molecule has 0 aliphatic carbocycles. The molecule has 30 heavy (non-hydrogen) atoms. The second-order valence-corrected chi connectivity index (χ2v) is 8.31. The standard InChI is InChI=1S/C24H23N3O2S/c1-3-12-29-21-10-8-16(13-15(21)2)22-11-9-17(30-22)14-20-23(24(25)28)27-19-7-5-4-6-18(19)26-20/h4-11,13H,3,12,14H2,1-2H3,(H2,25,28). The molecule has 0 unspecified atom stereocenters. The predicted molar refractivity (Wildman–Crippen MR) is 121 cm³/mol. The van der Waals surface area contributed by atoms with Crippen molar-refractivity contribution in [2.24, 2.45) is 5.73 Å². The van der Waals surface area contributed by atoms with E-state index in [1.54, 1.807) is 11.3 Å². The largest absolute Gasteiger partial charge is 0.493 e. The van der Waals surface area contributed by atoms with Gasteiger partial charge in [-0.1, -0.05) is 19.1 Å². The van der Waals surface area contributed by atoms with Crippen LogP contribution in [0.4, 0.5) is 0 Å². The summed E-state index contributed by atoms with van der Waals surface area (Å²) in [7, 11) is 0. The minimum absolute atomic E-state index is 0.233. The van der Waals surface area contributed by atoms with E-state index in [1.165, 1.54) is 0 Å². The van der Waals surface area contributed by atoms with Crippen LogP contribution in [0.5, 0.6) is 5.75 Å². The third-order valence-corrected chi connectivity index (χ3v) is 5.93. The number of hydrogen-bond acceptors (Lipinski definition) is 5. The molecule has 152 valence electrons. The van der Waals surface area contributed by atoms with Crippen LogP contribution in [0.1, 0.15) is 40.0 Å². The summed E-state index contributed by atoms with van der Waals surface area (Å²) in [6.45, 7) is 4.88. The lowest BCUT2D eigenvalue weighted by molar-refractivity contribution is 0.0994. The Morgan fingerprint density at radius 1 is 1.07 bits per heavy atom. The van der Waals surface area contributed by atoms with Crippen molar-refractivity contribution >= 4 is 28.3 Å². The number of aryl methyl sites for hydroxylation is 1. The summed E-state index contributed by atoms with van der Waals surface area (Å²) in [5, 5.41) is 0. The minimum atomic E-state index is -0.557. The number of thiophene rings is 1. The zero-order valence-corrected chi connectivity index (χ0v) is 17.8. The van der Waals surface area contributed by atoms with E-state index in [1.807, 2.05) is 30.3 Å². The number of amides is 1. The number of ether oxygens (including phenoxy) is 1. The third-order valence-electron chi connectivity index (χ3n) is 4.80. The van der Waals surface area contributed by atoms with Crippen LogP contribution in [0.25, 0.3) is 21.5 Å². The SMILES string of the molecule is CCCOc1ccc(-c2ccc(Cc3nc4ccccc4nc3C(N)=O)s2)cc1C. The fourth-order valence-electron chi connectivity index (χ4n) is 3.33. The van der Waals surface area contributed by atoms with Crippen LogP contribution in [0.3, 0.4) is 0 Å². The molecule has 2 aromatic heterocycles. The lowest BCUT2D eigenvalue weighted by Gasteiger charge is -2.09. The van der Waals surface area contributed by atoms with Crippen LogP contribution in [-0.2, 0) is 6.42 Å². The molecule has 4 aromatic rings. The Morgan fingerprint density at radius 3 is 2.53 bits per heavy atom. The van der Waals surface area contributed by atoms with E-state index >= 15 is 0 Å². The van der Waals surface area contributed by atoms with Crippen molar-refractivity contribution in [1.82, 2.24) is 9.97 Å². The Kier molecular flexibility index (Phi) is 5.77. The lowest BCUT2D eigenvalue weighted by Crippen LogP contribution is -2.17. The van der Waals surface area contributed by atoms with Gasteiger partial charge in [0.1, 0.15) is 5.75 Å². The molecule has 4 rings (SSSR count). The highest BCUT2D eigenvalue weighted by Crippen LogP contribution is 2.32. The number of carbonyl (C=O) groups excluding carboxylic acids is 1. The van der Waals surface area contributed by atoms with Crippen molar-refractivity contribution < 1.29 is 9.53 Å². The molecule has 0 spiro atoms. The molecular weight excluding hydrogens is 394 g/mol. The molecule has 0 aliphatic heterocycles. The van der Waals surface area contributed by atoms with Gasteiger partial charge in [0.15, 0.2) is 5.69 Å². The van der Waals surface area contributed by atoms with Gasteiger partial charge in [-0.15, -0.1) is 11.3 Å². The third kappa shape index (κ3) is 4.19. The van der Waals surface area contributed by atoms with Crippen molar-refractivity contribution in [3.05, 3.63) is 76.4 Å². The summed E-state index contributed by atoms with van der Waals surface area (Å²) in [5.41, 5.74) is 10.1. The van der Waals surface area contributed by atoms with Gasteiger partial charge in [0, 0.05) is 16.2 Å². The highest BCUT2D eigenvalue weighted by Gasteiger charge is 2.15. The van der Waals surface area contributed by atoms with E-state index in [0.717, 1.165) is 45.2 Å². The number of aromatic nitrogens is 2. The topological polar surface area (TPSA) is 78.1 Å². The number of nitrogens with two attached hydrogens (primary N) is 1. The van der Waals surface area contributed by atoms with E-state index in [2.05, 4.69) is 48.1 Å². The predicted octanol–water partition coefficient (Wildman–Crippen LogP) is 5.15. The average Bonchev–Trinajstić information content (AvgIpc) is 3.20. The summed E-state index contributed by atoms with van der Waals surface area (Å²) in [6, 6.07) is 17.9. The van der Waals surface area contributed by atoms with Crippen LogP contribution in [0.15, 0.2) is 54.6 Å². The fraction of sp³-hybridized carbons (Fsp3) is 0.208. The summed E-state index contributed by atoms with van der Waals surface area (Å²) in [5.74, 6) is 0.369. The van der Waals surface area contributed by atoms with Crippen molar-refractivity contribution in [3.8, 4) is 16.2 Å². The van der Waals surface area contributed by atoms with Crippen LogP contribution in [0, 0.1) is 6.92 Å². The van der Waals surface area contributed by atoms with Crippen LogP contribution in [0.2, 0.25) is 0 Å². The number of para-hydroxylation sites is 2. The number of carbonyl (C=O) groups is 1. The monoisotopic (exact) mass is 417 g/mol. The van der Waals surface area contributed by atoms with E-state index < -0.39 is 5.91 Å². The first-order valence-electron chi connectivity index (χ1n) is 9.93. The molecule has 2 N–H and O–H groups in total. The Labute approximate surface area is 179 Å². The van der Waals surface area contributed by atoms with Gasteiger partial charge in [-0.05, 0) is 66.9 Å². The van der Waals surface area contributed by atoms with Gasteiger partial charge in [-0.3, -0.25) is 4.79 Å². The first-order chi connectivity index (χ1) is 14.5. The zero-order valence-electron chi connectivity index (χ0n) is 17.0. The molecule has 0 saturated heterocycles. The smallest absolute Gasteiger partial charge is 0.269 e. The lowest BCUT2D eigenvalue weighted by atomic mass is 10.1. The van der Waals surface area contributed by atoms with Gasteiger partial charge < -0.3 is 10.5 Å². The van der Waals surface area contributed by atoms with Crippen LogP contribution in [-0.4, -0.2) is 22.5 Å². The summed E-state index contributed by atoms with van der Waals surface area (Å²) in [6.07, 6.45) is 1.50. The van der Waals surface area contributed by atoms with Crippen LogP contribution < -0.4 is 10.5 Å². The molecule has 0 fully saturated rings. The summed E-state index contributed by atoms with van der Waals surface area (Å²) < 4.78 is 5.78. The number of benzene rings is 2. The van der Waals surface area contributed by atoms with Crippen molar-refractivity contribution in [3.63, 3.8) is 0 Å². The maximum atomic E-state index is 11.9. The van der Waals surface area contributed by atoms with E-state index in [4.69, 9.17) is 10.5 Å². The number of hydrogen-bond donors (Lipinski definition) is 1. The molecule has 0 saturated carbocycles. The molecule has 0 radical (unpaired) electrons. The van der Waals surface area contributed by atoms with Gasteiger partial charge in [0.2, 0.25) is 0 Å². The summed E-state index contributed by atoms with van der Waals surface area (Å²) >= 11 is 1.68. The first-order valence-corrected chi connectivity index (χ1v) is 10.7. The molecule has 5 nitrogen and oxygen atoms in total. The molecule has 6 heteroatoms. The molecule has 0 atom stereocenters. The normalized spacial score (nSPS) is 11.0. The summed E-state index contributed by atoms with van der Waals surface area (Å²) in [4.78, 5) is 23.3. The maximum absolute atomic E-state index is 11.9.